The van der Waals surface area contributed by atoms with E-state index in [9.17, 15) is 4.79 Å². The van der Waals surface area contributed by atoms with Crippen LogP contribution in [0.2, 0.25) is 10.0 Å². The Labute approximate surface area is 156 Å². The van der Waals surface area contributed by atoms with Gasteiger partial charge in [-0.1, -0.05) is 41.4 Å². The molecule has 130 valence electrons. The predicted octanol–water partition coefficient (Wildman–Crippen LogP) is 4.74. The van der Waals surface area contributed by atoms with Gasteiger partial charge in [0.2, 0.25) is 0 Å². The highest BCUT2D eigenvalue weighted by Gasteiger charge is 2.36. The third-order valence-electron chi connectivity index (χ3n) is 4.72. The first kappa shape index (κ1) is 16.7. The van der Waals surface area contributed by atoms with Crippen LogP contribution in [0.25, 0.3) is 0 Å². The SMILES string of the molecule is O=C1c2ccccc2N[C@@H](c2c(Cl)cccc2Cl)N1C[C@@H]1CCCO1. The molecule has 2 heterocycles. The number of hydrogen-bond acceptors (Lipinski definition) is 3. The Morgan fingerprint density at radius 1 is 1.12 bits per heavy atom. The Hall–Kier alpha value is -1.75. The predicted molar refractivity (Wildman–Crippen MR) is 99.3 cm³/mol. The molecule has 4 rings (SSSR count). The summed E-state index contributed by atoms with van der Waals surface area (Å²) >= 11 is 12.9. The number of anilines is 1. The first-order valence-corrected chi connectivity index (χ1v) is 9.13. The van der Waals surface area contributed by atoms with E-state index in [4.69, 9.17) is 27.9 Å². The van der Waals surface area contributed by atoms with E-state index >= 15 is 0 Å². The highest BCUT2D eigenvalue weighted by molar-refractivity contribution is 6.36. The fraction of sp³-hybridized carbons (Fsp3) is 0.316. The number of carbonyl (C=O) groups excluding carboxylic acids is 1. The summed E-state index contributed by atoms with van der Waals surface area (Å²) in [5, 5.41) is 4.50. The van der Waals surface area contributed by atoms with Crippen molar-refractivity contribution in [3.05, 3.63) is 63.6 Å². The zero-order valence-corrected chi connectivity index (χ0v) is 15.1. The summed E-state index contributed by atoms with van der Waals surface area (Å²) in [6.45, 7) is 1.25. The van der Waals surface area contributed by atoms with Crippen molar-refractivity contribution in [3.8, 4) is 0 Å². The van der Waals surface area contributed by atoms with Crippen molar-refractivity contribution in [2.75, 3.05) is 18.5 Å². The quantitative estimate of drug-likeness (QED) is 0.840. The van der Waals surface area contributed by atoms with E-state index in [1.54, 1.807) is 23.1 Å². The second-order valence-corrected chi connectivity index (χ2v) is 7.13. The van der Waals surface area contributed by atoms with E-state index in [-0.39, 0.29) is 12.0 Å². The molecule has 4 nitrogen and oxygen atoms in total. The monoisotopic (exact) mass is 376 g/mol. The molecule has 2 atom stereocenters. The molecule has 2 aromatic carbocycles. The van der Waals surface area contributed by atoms with Gasteiger partial charge in [0.15, 0.2) is 0 Å². The van der Waals surface area contributed by atoms with Gasteiger partial charge in [-0.15, -0.1) is 0 Å². The molecule has 2 aromatic rings. The number of ether oxygens (including phenoxy) is 1. The third kappa shape index (κ3) is 3.10. The molecule has 0 saturated carbocycles. The molecule has 0 aromatic heterocycles. The summed E-state index contributed by atoms with van der Waals surface area (Å²) in [5.74, 6) is -0.0363. The Morgan fingerprint density at radius 3 is 2.60 bits per heavy atom. The van der Waals surface area contributed by atoms with Gasteiger partial charge in [-0.05, 0) is 37.1 Å². The Morgan fingerprint density at radius 2 is 1.88 bits per heavy atom. The van der Waals surface area contributed by atoms with Crippen molar-refractivity contribution in [2.24, 2.45) is 0 Å². The van der Waals surface area contributed by atoms with Gasteiger partial charge in [-0.2, -0.15) is 0 Å². The highest BCUT2D eigenvalue weighted by Crippen LogP contribution is 2.39. The summed E-state index contributed by atoms with van der Waals surface area (Å²) in [4.78, 5) is 14.9. The normalized spacial score (nSPS) is 22.6. The molecule has 0 bridgehead atoms. The largest absolute Gasteiger partial charge is 0.376 e. The number of amides is 1. The molecule has 0 radical (unpaired) electrons. The van der Waals surface area contributed by atoms with Crippen LogP contribution in [0.4, 0.5) is 5.69 Å². The molecule has 1 fully saturated rings. The summed E-state index contributed by atoms with van der Waals surface area (Å²) in [6.07, 6.45) is 1.59. The maximum Gasteiger partial charge on any atom is 0.257 e. The van der Waals surface area contributed by atoms with Gasteiger partial charge in [0.05, 0.1) is 11.7 Å². The molecule has 0 aliphatic carbocycles. The van der Waals surface area contributed by atoms with Crippen LogP contribution in [-0.4, -0.2) is 30.1 Å². The average Bonchev–Trinajstić information content (AvgIpc) is 3.11. The van der Waals surface area contributed by atoms with Crippen molar-refractivity contribution in [3.63, 3.8) is 0 Å². The van der Waals surface area contributed by atoms with Crippen LogP contribution in [-0.2, 0) is 4.74 Å². The van der Waals surface area contributed by atoms with Crippen LogP contribution in [0.15, 0.2) is 42.5 Å². The van der Waals surface area contributed by atoms with Crippen molar-refractivity contribution in [1.29, 1.82) is 0 Å². The van der Waals surface area contributed by atoms with E-state index < -0.39 is 6.17 Å². The molecular weight excluding hydrogens is 359 g/mol. The molecule has 1 amide bonds. The Kier molecular flexibility index (Phi) is 4.59. The van der Waals surface area contributed by atoms with Gasteiger partial charge in [-0.25, -0.2) is 0 Å². The number of nitrogens with zero attached hydrogens (tertiary/aromatic N) is 1. The van der Waals surface area contributed by atoms with Gasteiger partial charge in [0.25, 0.3) is 5.91 Å². The van der Waals surface area contributed by atoms with E-state index in [1.165, 1.54) is 0 Å². The summed E-state index contributed by atoms with van der Waals surface area (Å²) in [6, 6.07) is 12.9. The van der Waals surface area contributed by atoms with Gasteiger partial charge in [0.1, 0.15) is 6.17 Å². The number of carbonyl (C=O) groups is 1. The minimum absolute atomic E-state index is 0.0363. The number of fused-ring (bicyclic) bond motifs is 1. The molecule has 2 aliphatic rings. The van der Waals surface area contributed by atoms with E-state index in [0.717, 1.165) is 25.1 Å². The minimum atomic E-state index is -0.423. The maximum atomic E-state index is 13.2. The van der Waals surface area contributed by atoms with E-state index in [0.29, 0.717) is 27.7 Å². The fourth-order valence-corrected chi connectivity index (χ4v) is 4.09. The topological polar surface area (TPSA) is 41.6 Å². The van der Waals surface area contributed by atoms with Gasteiger partial charge in [-0.3, -0.25) is 4.79 Å². The van der Waals surface area contributed by atoms with E-state index in [2.05, 4.69) is 5.32 Å². The number of para-hydroxylation sites is 1. The zero-order chi connectivity index (χ0) is 17.4. The van der Waals surface area contributed by atoms with Gasteiger partial charge < -0.3 is 15.0 Å². The van der Waals surface area contributed by atoms with Crippen LogP contribution in [0.1, 0.15) is 34.9 Å². The minimum Gasteiger partial charge on any atom is -0.376 e. The molecular formula is C19H18Cl2N2O2. The molecule has 1 saturated heterocycles. The molecule has 25 heavy (non-hydrogen) atoms. The van der Waals surface area contributed by atoms with Crippen LogP contribution in [0.5, 0.6) is 0 Å². The lowest BCUT2D eigenvalue weighted by molar-refractivity contribution is 0.0427. The standard InChI is InChI=1S/C19H18Cl2N2O2/c20-14-7-3-8-15(21)17(14)18-22-16-9-2-1-6-13(16)19(24)23(18)11-12-5-4-10-25-12/h1-3,6-9,12,18,22H,4-5,10-11H2/t12-,18+/m0/s1. The van der Waals surface area contributed by atoms with E-state index in [1.807, 2.05) is 24.3 Å². The lowest BCUT2D eigenvalue weighted by atomic mass is 10.0. The van der Waals surface area contributed by atoms with Crippen molar-refractivity contribution in [2.45, 2.75) is 25.1 Å². The number of benzene rings is 2. The van der Waals surface area contributed by atoms with Crippen LogP contribution in [0.3, 0.4) is 0 Å². The van der Waals surface area contributed by atoms with Crippen molar-refractivity contribution < 1.29 is 9.53 Å². The lowest BCUT2D eigenvalue weighted by Crippen LogP contribution is -2.46. The first-order chi connectivity index (χ1) is 12.1. The smallest absolute Gasteiger partial charge is 0.257 e. The van der Waals surface area contributed by atoms with Crippen LogP contribution in [0, 0.1) is 0 Å². The summed E-state index contributed by atoms with van der Waals surface area (Å²) in [7, 11) is 0. The Bertz CT molecular complexity index is 786. The molecule has 0 unspecified atom stereocenters. The fourth-order valence-electron chi connectivity index (χ4n) is 3.49. The number of hydrogen-bond donors (Lipinski definition) is 1. The molecule has 0 spiro atoms. The molecule has 1 N–H and O–H groups in total. The zero-order valence-electron chi connectivity index (χ0n) is 13.5. The Balaban J connectivity index is 1.77. The van der Waals surface area contributed by atoms with Gasteiger partial charge in [0, 0.05) is 34.4 Å². The van der Waals surface area contributed by atoms with Crippen LogP contribution < -0.4 is 5.32 Å². The number of rotatable bonds is 3. The molecule has 2 aliphatic heterocycles. The van der Waals surface area contributed by atoms with Crippen molar-refractivity contribution in [1.82, 2.24) is 4.90 Å². The summed E-state index contributed by atoms with van der Waals surface area (Å²) in [5.41, 5.74) is 2.16. The highest BCUT2D eigenvalue weighted by atomic mass is 35.5. The maximum absolute atomic E-state index is 13.2. The third-order valence-corrected chi connectivity index (χ3v) is 5.38. The average molecular weight is 377 g/mol. The number of halogens is 2. The molecule has 6 heteroatoms. The van der Waals surface area contributed by atoms with Crippen LogP contribution >= 0.6 is 23.2 Å². The van der Waals surface area contributed by atoms with Gasteiger partial charge >= 0.3 is 0 Å². The summed E-state index contributed by atoms with van der Waals surface area (Å²) < 4.78 is 5.75. The number of nitrogens with one attached hydrogen (secondary N) is 1. The second-order valence-electron chi connectivity index (χ2n) is 6.32. The van der Waals surface area contributed by atoms with Crippen molar-refractivity contribution >= 4 is 34.8 Å². The first-order valence-electron chi connectivity index (χ1n) is 8.37. The second kappa shape index (κ2) is 6.87. The lowest BCUT2D eigenvalue weighted by Gasteiger charge is -2.39.